The first-order chi connectivity index (χ1) is 9.68. The molecule has 1 N–H and O–H groups in total. The predicted octanol–water partition coefficient (Wildman–Crippen LogP) is 2.13. The van der Waals surface area contributed by atoms with Crippen LogP contribution in [0.15, 0.2) is 16.3 Å². The summed E-state index contributed by atoms with van der Waals surface area (Å²) in [5.74, 6) is 1.96. The molecule has 1 aliphatic carbocycles. The number of hydrogen-bond acceptors (Lipinski definition) is 5. The van der Waals surface area contributed by atoms with Gasteiger partial charge in [-0.1, -0.05) is 0 Å². The summed E-state index contributed by atoms with van der Waals surface area (Å²) in [6.07, 6.45) is 3.39. The highest BCUT2D eigenvalue weighted by molar-refractivity contribution is 7.99. The topological polar surface area (TPSA) is 49.4 Å². The van der Waals surface area contributed by atoms with Crippen molar-refractivity contribution < 1.29 is 8.42 Å². The van der Waals surface area contributed by atoms with Crippen molar-refractivity contribution in [3.8, 4) is 0 Å². The number of thioether (sulfide) groups is 1. The molecule has 1 aromatic rings. The highest BCUT2D eigenvalue weighted by Crippen LogP contribution is 2.28. The van der Waals surface area contributed by atoms with E-state index < -0.39 is 10.0 Å². The van der Waals surface area contributed by atoms with Crippen LogP contribution in [0.4, 0.5) is 0 Å². The third-order valence-electron chi connectivity index (χ3n) is 3.63. The van der Waals surface area contributed by atoms with Gasteiger partial charge in [0.2, 0.25) is 10.0 Å². The Kier molecular flexibility index (Phi) is 4.72. The van der Waals surface area contributed by atoms with Crippen molar-refractivity contribution in [1.82, 2.24) is 9.62 Å². The van der Waals surface area contributed by atoms with Crippen LogP contribution in [0.3, 0.4) is 0 Å². The van der Waals surface area contributed by atoms with Crippen molar-refractivity contribution in [1.29, 1.82) is 0 Å². The molecular formula is C13H20N2O2S3. The average Bonchev–Trinajstić information content (AvgIpc) is 3.19. The molecule has 20 heavy (non-hydrogen) atoms. The van der Waals surface area contributed by atoms with Gasteiger partial charge in [0.1, 0.15) is 0 Å². The van der Waals surface area contributed by atoms with E-state index in [-0.39, 0.29) is 0 Å². The Balaban J connectivity index is 1.76. The Morgan fingerprint density at radius 2 is 2.15 bits per heavy atom. The van der Waals surface area contributed by atoms with Gasteiger partial charge in [-0.15, -0.1) is 11.3 Å². The fraction of sp³-hybridized carbons (Fsp3) is 0.692. The monoisotopic (exact) mass is 332 g/mol. The fourth-order valence-corrected chi connectivity index (χ4v) is 6.16. The Hall–Kier alpha value is -0.0800. The van der Waals surface area contributed by atoms with Gasteiger partial charge >= 0.3 is 0 Å². The molecule has 0 atom stereocenters. The molecule has 7 heteroatoms. The smallest absolute Gasteiger partial charge is 0.244 e. The molecule has 1 saturated heterocycles. The molecule has 4 nitrogen and oxygen atoms in total. The summed E-state index contributed by atoms with van der Waals surface area (Å²) >= 11 is 3.39. The van der Waals surface area contributed by atoms with Crippen LogP contribution in [-0.4, -0.2) is 43.4 Å². The van der Waals surface area contributed by atoms with E-state index in [2.05, 4.69) is 5.32 Å². The number of rotatable bonds is 5. The van der Waals surface area contributed by atoms with Crippen molar-refractivity contribution in [2.45, 2.75) is 36.7 Å². The van der Waals surface area contributed by atoms with E-state index in [1.807, 2.05) is 17.1 Å². The summed E-state index contributed by atoms with van der Waals surface area (Å²) in [7, 11) is -3.31. The Labute approximate surface area is 129 Å². The standard InChI is InChI=1S/C13H20N2O2S3/c16-20(17,15-5-1-7-18-9-6-15)13-4-8-19-12(13)10-14-11-2-3-11/h4,8,11,14H,1-3,5-7,9-10H2. The summed E-state index contributed by atoms with van der Waals surface area (Å²) in [4.78, 5) is 1.47. The number of hydrogen-bond donors (Lipinski definition) is 1. The maximum absolute atomic E-state index is 12.8. The second kappa shape index (κ2) is 6.36. The van der Waals surface area contributed by atoms with Gasteiger partial charge in [0.05, 0.1) is 4.90 Å². The second-order valence-corrected chi connectivity index (χ2v) is 9.36. The van der Waals surface area contributed by atoms with E-state index in [1.165, 1.54) is 12.8 Å². The van der Waals surface area contributed by atoms with Crippen molar-refractivity contribution in [3.63, 3.8) is 0 Å². The van der Waals surface area contributed by atoms with Crippen LogP contribution in [-0.2, 0) is 16.6 Å². The van der Waals surface area contributed by atoms with Crippen LogP contribution in [0.2, 0.25) is 0 Å². The molecule has 2 heterocycles. The molecule has 0 bridgehead atoms. The summed E-state index contributed by atoms with van der Waals surface area (Å²) < 4.78 is 27.2. The summed E-state index contributed by atoms with van der Waals surface area (Å²) in [5, 5.41) is 5.30. The molecule has 3 rings (SSSR count). The van der Waals surface area contributed by atoms with Crippen LogP contribution in [0.1, 0.15) is 24.1 Å². The number of sulfonamides is 1. The molecule has 1 aromatic heterocycles. The number of nitrogens with zero attached hydrogens (tertiary/aromatic N) is 1. The lowest BCUT2D eigenvalue weighted by molar-refractivity contribution is 0.434. The molecule has 0 aromatic carbocycles. The Morgan fingerprint density at radius 3 is 2.95 bits per heavy atom. The lowest BCUT2D eigenvalue weighted by atomic mass is 10.4. The largest absolute Gasteiger partial charge is 0.309 e. The average molecular weight is 333 g/mol. The van der Waals surface area contributed by atoms with Crippen molar-refractivity contribution in [2.75, 3.05) is 24.6 Å². The summed E-state index contributed by atoms with van der Waals surface area (Å²) in [5.41, 5.74) is 0. The van der Waals surface area contributed by atoms with Gasteiger partial charge in [0.15, 0.2) is 0 Å². The quantitative estimate of drug-likeness (QED) is 0.897. The van der Waals surface area contributed by atoms with E-state index in [0.717, 1.165) is 22.8 Å². The van der Waals surface area contributed by atoms with E-state index in [0.29, 0.717) is 30.6 Å². The molecule has 1 aliphatic heterocycles. The molecule has 0 unspecified atom stereocenters. The second-order valence-electron chi connectivity index (χ2n) is 5.23. The summed E-state index contributed by atoms with van der Waals surface area (Å²) in [6.45, 7) is 1.97. The molecule has 1 saturated carbocycles. The maximum Gasteiger partial charge on any atom is 0.244 e. The summed E-state index contributed by atoms with van der Waals surface area (Å²) in [6, 6.07) is 2.37. The van der Waals surface area contributed by atoms with Gasteiger partial charge in [-0.3, -0.25) is 0 Å². The highest BCUT2D eigenvalue weighted by Gasteiger charge is 2.29. The molecule has 0 spiro atoms. The first-order valence-electron chi connectivity index (χ1n) is 7.05. The maximum atomic E-state index is 12.8. The zero-order valence-electron chi connectivity index (χ0n) is 11.4. The Morgan fingerprint density at radius 1 is 1.30 bits per heavy atom. The van der Waals surface area contributed by atoms with Gasteiger partial charge in [-0.2, -0.15) is 16.1 Å². The van der Waals surface area contributed by atoms with E-state index in [4.69, 9.17) is 0 Å². The SMILES string of the molecule is O=S(=O)(c1ccsc1CNC1CC1)N1CCCSCC1. The van der Waals surface area contributed by atoms with Crippen molar-refractivity contribution in [2.24, 2.45) is 0 Å². The van der Waals surface area contributed by atoms with E-state index in [9.17, 15) is 8.42 Å². The van der Waals surface area contributed by atoms with Gasteiger partial charge in [-0.25, -0.2) is 8.42 Å². The number of thiophene rings is 1. The van der Waals surface area contributed by atoms with Crippen LogP contribution in [0, 0.1) is 0 Å². The van der Waals surface area contributed by atoms with Gasteiger partial charge in [0, 0.05) is 36.3 Å². The minimum absolute atomic E-state index is 0.516. The third-order valence-corrected chi connectivity index (χ3v) is 7.71. The zero-order valence-corrected chi connectivity index (χ0v) is 13.8. The lowest BCUT2D eigenvalue weighted by Gasteiger charge is -2.20. The van der Waals surface area contributed by atoms with Crippen LogP contribution < -0.4 is 5.32 Å². The van der Waals surface area contributed by atoms with Gasteiger partial charge in [0.25, 0.3) is 0 Å². The molecule has 0 radical (unpaired) electrons. The predicted molar refractivity (Wildman–Crippen MR) is 84.9 cm³/mol. The fourth-order valence-electron chi connectivity index (χ4n) is 2.31. The van der Waals surface area contributed by atoms with Crippen molar-refractivity contribution >= 4 is 33.1 Å². The molecule has 0 amide bonds. The molecular weight excluding hydrogens is 312 g/mol. The van der Waals surface area contributed by atoms with Gasteiger partial charge < -0.3 is 5.32 Å². The molecule has 112 valence electrons. The van der Waals surface area contributed by atoms with Gasteiger partial charge in [-0.05, 0) is 36.5 Å². The Bertz CT molecular complexity index is 544. The van der Waals surface area contributed by atoms with Crippen LogP contribution >= 0.6 is 23.1 Å². The van der Waals surface area contributed by atoms with E-state index >= 15 is 0 Å². The first-order valence-corrected chi connectivity index (χ1v) is 10.5. The first kappa shape index (κ1) is 14.8. The normalized spacial score (nSPS) is 21.8. The highest BCUT2D eigenvalue weighted by atomic mass is 32.2. The third kappa shape index (κ3) is 3.39. The minimum Gasteiger partial charge on any atom is -0.309 e. The van der Waals surface area contributed by atoms with Crippen LogP contribution in [0.25, 0.3) is 0 Å². The number of nitrogens with one attached hydrogen (secondary N) is 1. The molecule has 2 aliphatic rings. The molecule has 2 fully saturated rings. The minimum atomic E-state index is -3.31. The van der Waals surface area contributed by atoms with Crippen molar-refractivity contribution in [3.05, 3.63) is 16.3 Å². The lowest BCUT2D eigenvalue weighted by Crippen LogP contribution is -2.33. The van der Waals surface area contributed by atoms with Crippen LogP contribution in [0.5, 0.6) is 0 Å². The van der Waals surface area contributed by atoms with E-state index in [1.54, 1.807) is 21.7 Å². The zero-order chi connectivity index (χ0) is 14.0.